The Morgan fingerprint density at radius 2 is 2.00 bits per heavy atom. The molecule has 1 atom stereocenters. The van der Waals surface area contributed by atoms with Crippen LogP contribution in [-0.2, 0) is 0 Å². The first kappa shape index (κ1) is 24.5. The largest absolute Gasteiger partial charge is 0.502 e. The Labute approximate surface area is 212 Å². The third-order valence-electron chi connectivity index (χ3n) is 7.13. The number of fused-ring (bicyclic) bond motifs is 1. The van der Waals surface area contributed by atoms with E-state index < -0.39 is 40.3 Å². The minimum atomic E-state index is -1.14. The Morgan fingerprint density at radius 3 is 2.62 bits per heavy atom. The summed E-state index contributed by atoms with van der Waals surface area (Å²) in [6.45, 7) is 5.67. The van der Waals surface area contributed by atoms with Crippen LogP contribution in [0.25, 0.3) is 0 Å². The second-order valence-corrected chi connectivity index (χ2v) is 9.07. The van der Waals surface area contributed by atoms with Crippen LogP contribution in [0.1, 0.15) is 54.0 Å². The van der Waals surface area contributed by atoms with Gasteiger partial charge in [0, 0.05) is 24.0 Å². The zero-order chi connectivity index (χ0) is 26.3. The van der Waals surface area contributed by atoms with Gasteiger partial charge in [-0.1, -0.05) is 12.1 Å². The quantitative estimate of drug-likeness (QED) is 0.488. The Hall–Kier alpha value is -4.21. The van der Waals surface area contributed by atoms with Crippen molar-refractivity contribution in [1.82, 2.24) is 14.6 Å². The van der Waals surface area contributed by atoms with Crippen molar-refractivity contribution < 1.29 is 23.4 Å². The van der Waals surface area contributed by atoms with Crippen molar-refractivity contribution in [3.8, 4) is 11.5 Å². The van der Waals surface area contributed by atoms with E-state index in [0.29, 0.717) is 18.5 Å². The van der Waals surface area contributed by atoms with Gasteiger partial charge in [0.1, 0.15) is 12.7 Å². The summed E-state index contributed by atoms with van der Waals surface area (Å²) in [5, 5.41) is 12.4. The smallest absolute Gasteiger partial charge is 0.278 e. The summed E-state index contributed by atoms with van der Waals surface area (Å²) in [5.41, 5.74) is -0.897. The number of aromatic nitrogens is 2. The van der Waals surface area contributed by atoms with Gasteiger partial charge in [-0.15, -0.1) is 6.58 Å². The van der Waals surface area contributed by atoms with E-state index in [1.54, 1.807) is 47.3 Å². The molecule has 1 saturated carbocycles. The van der Waals surface area contributed by atoms with Crippen molar-refractivity contribution in [2.24, 2.45) is 0 Å². The number of carbonyl (C=O) groups excluding carboxylic acids is 1. The third kappa shape index (κ3) is 3.83. The van der Waals surface area contributed by atoms with Crippen molar-refractivity contribution in [3.05, 3.63) is 100 Å². The summed E-state index contributed by atoms with van der Waals surface area (Å²) in [6, 6.07) is 7.87. The normalized spacial score (nSPS) is 17.1. The van der Waals surface area contributed by atoms with Crippen molar-refractivity contribution in [2.45, 2.75) is 37.8 Å². The number of rotatable bonds is 7. The van der Waals surface area contributed by atoms with Crippen molar-refractivity contribution >= 4 is 5.91 Å². The Bertz CT molecular complexity index is 1420. The lowest BCUT2D eigenvalue weighted by molar-refractivity contribution is 0.0256. The molecule has 5 rings (SSSR count). The number of carbonyl (C=O) groups is 1. The highest BCUT2D eigenvalue weighted by Gasteiger charge is 2.48. The van der Waals surface area contributed by atoms with Gasteiger partial charge in [-0.3, -0.25) is 24.3 Å². The average Bonchev–Trinajstić information content (AvgIpc) is 2.88. The molecule has 37 heavy (non-hydrogen) atoms. The second-order valence-electron chi connectivity index (χ2n) is 9.07. The van der Waals surface area contributed by atoms with Crippen LogP contribution in [-0.4, -0.2) is 44.4 Å². The summed E-state index contributed by atoms with van der Waals surface area (Å²) >= 11 is 0. The molecule has 3 aromatic rings. The van der Waals surface area contributed by atoms with Gasteiger partial charge < -0.3 is 14.7 Å². The number of nitrogens with zero attached hydrogens (tertiary/aromatic N) is 4. The molecule has 0 spiro atoms. The topological polar surface area (TPSA) is 87.9 Å². The number of hydrogen-bond acceptors (Lipinski definition) is 6. The van der Waals surface area contributed by atoms with Crippen LogP contribution in [0.5, 0.6) is 11.5 Å². The molecule has 3 heterocycles. The number of halogens is 2. The van der Waals surface area contributed by atoms with E-state index in [2.05, 4.69) is 11.6 Å². The molecule has 1 N–H and O–H groups in total. The summed E-state index contributed by atoms with van der Waals surface area (Å²) in [5.74, 6) is -3.72. The van der Waals surface area contributed by atoms with Gasteiger partial charge >= 0.3 is 0 Å². The van der Waals surface area contributed by atoms with Crippen molar-refractivity contribution in [3.63, 3.8) is 0 Å². The molecule has 1 aliphatic heterocycles. The van der Waals surface area contributed by atoms with E-state index in [0.717, 1.165) is 18.6 Å². The molecule has 8 nitrogen and oxygen atoms in total. The Morgan fingerprint density at radius 1 is 1.22 bits per heavy atom. The Kier molecular flexibility index (Phi) is 6.18. The standard InChI is InChI=1S/C27H26F2N4O4/c1-3-27(12-7-13-27)31-16-33(32-15-11-20(34)24(35)23(32)26(31)36)22(19-8-5-6-14-30-19)17-9-10-18(28)21(29)25(17)37-4-2/h3,5-6,8-11,14-15,22,35H,1,4,7,12-13,16H2,2H3/t22-/m1/s1. The van der Waals surface area contributed by atoms with Gasteiger partial charge in [0.2, 0.25) is 11.2 Å². The highest BCUT2D eigenvalue weighted by molar-refractivity contribution is 5.97. The molecule has 10 heteroatoms. The minimum absolute atomic E-state index is 0.00797. The molecule has 0 saturated heterocycles. The lowest BCUT2D eigenvalue weighted by Crippen LogP contribution is -2.64. The molecular weight excluding hydrogens is 482 g/mol. The van der Waals surface area contributed by atoms with Gasteiger partial charge in [0.15, 0.2) is 23.0 Å². The van der Waals surface area contributed by atoms with Gasteiger partial charge in [-0.25, -0.2) is 4.39 Å². The van der Waals surface area contributed by atoms with E-state index in [1.807, 2.05) is 0 Å². The molecular formula is C27H26F2N4O4. The monoisotopic (exact) mass is 508 g/mol. The van der Waals surface area contributed by atoms with Crippen LogP contribution in [0.3, 0.4) is 0 Å². The van der Waals surface area contributed by atoms with Crippen LogP contribution in [0.2, 0.25) is 0 Å². The summed E-state index contributed by atoms with van der Waals surface area (Å²) in [7, 11) is 0. The lowest BCUT2D eigenvalue weighted by atomic mass is 9.75. The molecule has 0 bridgehead atoms. The molecule has 0 unspecified atom stereocenters. The first-order valence-electron chi connectivity index (χ1n) is 12.0. The average molecular weight is 509 g/mol. The van der Waals surface area contributed by atoms with E-state index in [4.69, 9.17) is 4.74 Å². The molecule has 1 aromatic carbocycles. The maximum atomic E-state index is 15.0. The van der Waals surface area contributed by atoms with Crippen LogP contribution in [0.4, 0.5) is 8.78 Å². The number of aromatic hydroxyl groups is 1. The Balaban J connectivity index is 1.78. The minimum Gasteiger partial charge on any atom is -0.502 e. The predicted octanol–water partition coefficient (Wildman–Crippen LogP) is 3.88. The maximum Gasteiger partial charge on any atom is 0.278 e. The van der Waals surface area contributed by atoms with Gasteiger partial charge in [-0.05, 0) is 50.5 Å². The molecule has 1 aliphatic carbocycles. The maximum absolute atomic E-state index is 15.0. The molecule has 0 radical (unpaired) electrons. The van der Waals surface area contributed by atoms with Crippen LogP contribution >= 0.6 is 0 Å². The van der Waals surface area contributed by atoms with E-state index in [9.17, 15) is 19.1 Å². The van der Waals surface area contributed by atoms with E-state index in [1.165, 1.54) is 16.9 Å². The molecule has 1 amide bonds. The molecule has 1 fully saturated rings. The van der Waals surface area contributed by atoms with Crippen LogP contribution in [0, 0.1) is 11.6 Å². The fraction of sp³-hybridized carbons (Fsp3) is 0.296. The van der Waals surface area contributed by atoms with Gasteiger partial charge in [0.25, 0.3) is 5.91 Å². The highest BCUT2D eigenvalue weighted by Crippen LogP contribution is 2.43. The zero-order valence-corrected chi connectivity index (χ0v) is 20.2. The first-order valence-corrected chi connectivity index (χ1v) is 12.0. The summed E-state index contributed by atoms with van der Waals surface area (Å²) in [6.07, 6.45) is 6.86. The third-order valence-corrected chi connectivity index (χ3v) is 7.13. The van der Waals surface area contributed by atoms with E-state index in [-0.39, 0.29) is 30.3 Å². The molecule has 2 aliphatic rings. The fourth-order valence-electron chi connectivity index (χ4n) is 5.07. The molecule has 192 valence electrons. The number of benzene rings is 1. The number of ether oxygens (including phenoxy) is 1. The van der Waals surface area contributed by atoms with Crippen molar-refractivity contribution in [1.29, 1.82) is 0 Å². The first-order chi connectivity index (χ1) is 17.8. The highest BCUT2D eigenvalue weighted by atomic mass is 19.2. The summed E-state index contributed by atoms with van der Waals surface area (Å²) in [4.78, 5) is 32.1. The lowest BCUT2D eigenvalue weighted by Gasteiger charge is -2.53. The SMILES string of the molecule is C=CC1(N2CN([C@@H](c3ccccn3)c3ccc(F)c(F)c3OCC)n3ccc(=O)c(O)c3C2=O)CCC1. The number of amides is 1. The number of hydrogen-bond donors (Lipinski definition) is 1. The number of pyridine rings is 2. The van der Waals surface area contributed by atoms with Crippen molar-refractivity contribution in [2.75, 3.05) is 18.3 Å². The van der Waals surface area contributed by atoms with E-state index >= 15 is 4.39 Å². The van der Waals surface area contributed by atoms with Gasteiger partial charge in [0.05, 0.1) is 17.8 Å². The zero-order valence-electron chi connectivity index (χ0n) is 20.2. The van der Waals surface area contributed by atoms with Gasteiger partial charge in [-0.2, -0.15) is 4.39 Å². The van der Waals surface area contributed by atoms with Crippen LogP contribution < -0.4 is 15.2 Å². The fourth-order valence-corrected chi connectivity index (χ4v) is 5.07. The predicted molar refractivity (Wildman–Crippen MR) is 132 cm³/mol. The molecule has 2 aromatic heterocycles. The second kappa shape index (κ2) is 9.34. The summed E-state index contributed by atoms with van der Waals surface area (Å²) < 4.78 is 36.3. The van der Waals surface area contributed by atoms with Crippen LogP contribution in [0.15, 0.2) is 66.2 Å².